The first kappa shape index (κ1) is 7.88. The SMILES string of the molecule is CC1C=c2ccccc2=CC1Cl. The lowest BCUT2D eigenvalue weighted by atomic mass is 9.99. The average Bonchev–Trinajstić information content (AvgIpc) is 2.07. The van der Waals surface area contributed by atoms with Crippen molar-refractivity contribution >= 4 is 23.8 Å². The molecule has 2 rings (SSSR count). The highest BCUT2D eigenvalue weighted by molar-refractivity contribution is 6.24. The lowest BCUT2D eigenvalue weighted by molar-refractivity contribution is 0.808. The Balaban J connectivity index is 2.70. The van der Waals surface area contributed by atoms with E-state index in [9.17, 15) is 0 Å². The van der Waals surface area contributed by atoms with Crippen LogP contribution in [0, 0.1) is 5.92 Å². The molecule has 2 unspecified atom stereocenters. The van der Waals surface area contributed by atoms with Crippen molar-refractivity contribution < 1.29 is 0 Å². The third-order valence-corrected chi connectivity index (χ3v) is 2.80. The van der Waals surface area contributed by atoms with E-state index in [1.54, 1.807) is 0 Å². The summed E-state index contributed by atoms with van der Waals surface area (Å²) in [6.07, 6.45) is 4.36. The number of halogens is 1. The first-order valence-electron chi connectivity index (χ1n) is 4.20. The van der Waals surface area contributed by atoms with Crippen LogP contribution in [0.2, 0.25) is 0 Å². The largest absolute Gasteiger partial charge is 0.118 e. The molecule has 0 aromatic heterocycles. The zero-order valence-electron chi connectivity index (χ0n) is 7.00. The number of rotatable bonds is 0. The molecule has 1 aromatic carbocycles. The number of alkyl halides is 1. The van der Waals surface area contributed by atoms with Gasteiger partial charge in [0.2, 0.25) is 0 Å². The smallest absolute Gasteiger partial charge is 0.0585 e. The van der Waals surface area contributed by atoms with Gasteiger partial charge in [-0.25, -0.2) is 0 Å². The molecule has 1 aliphatic rings. The van der Waals surface area contributed by atoms with Gasteiger partial charge in [-0.2, -0.15) is 0 Å². The summed E-state index contributed by atoms with van der Waals surface area (Å²) in [5, 5.41) is 2.72. The number of hydrogen-bond acceptors (Lipinski definition) is 0. The van der Waals surface area contributed by atoms with Crippen LogP contribution in [0.5, 0.6) is 0 Å². The maximum absolute atomic E-state index is 6.11. The van der Waals surface area contributed by atoms with Gasteiger partial charge in [0.05, 0.1) is 5.38 Å². The maximum Gasteiger partial charge on any atom is 0.0585 e. The Labute approximate surface area is 77.2 Å². The van der Waals surface area contributed by atoms with Crippen LogP contribution in [0.4, 0.5) is 0 Å². The lowest BCUT2D eigenvalue weighted by Gasteiger charge is -2.13. The van der Waals surface area contributed by atoms with E-state index in [1.807, 2.05) is 6.07 Å². The van der Waals surface area contributed by atoms with Crippen molar-refractivity contribution in [1.29, 1.82) is 0 Å². The molecule has 0 bridgehead atoms. The zero-order valence-corrected chi connectivity index (χ0v) is 7.75. The minimum absolute atomic E-state index is 0.153. The van der Waals surface area contributed by atoms with Crippen LogP contribution in [-0.2, 0) is 0 Å². The quantitative estimate of drug-likeness (QED) is 0.529. The summed E-state index contributed by atoms with van der Waals surface area (Å²) in [5.74, 6) is 0.446. The van der Waals surface area contributed by atoms with Gasteiger partial charge in [0.1, 0.15) is 0 Å². The predicted molar refractivity (Wildman–Crippen MR) is 53.4 cm³/mol. The summed E-state index contributed by atoms with van der Waals surface area (Å²) < 4.78 is 0. The molecule has 0 nitrogen and oxygen atoms in total. The van der Waals surface area contributed by atoms with Crippen molar-refractivity contribution in [2.45, 2.75) is 12.3 Å². The molecule has 1 aromatic rings. The Morgan fingerprint density at radius 3 is 2.33 bits per heavy atom. The maximum atomic E-state index is 6.11. The zero-order chi connectivity index (χ0) is 8.55. The summed E-state index contributed by atoms with van der Waals surface area (Å²) in [7, 11) is 0. The molecular weight excluding hydrogens is 168 g/mol. The topological polar surface area (TPSA) is 0 Å². The molecule has 2 atom stereocenters. The number of hydrogen-bond donors (Lipinski definition) is 0. The Hall–Kier alpha value is -0.750. The molecule has 0 saturated carbocycles. The highest BCUT2D eigenvalue weighted by Crippen LogP contribution is 2.14. The van der Waals surface area contributed by atoms with Gasteiger partial charge in [0.25, 0.3) is 0 Å². The monoisotopic (exact) mass is 178 g/mol. The van der Waals surface area contributed by atoms with Gasteiger partial charge in [-0.1, -0.05) is 43.3 Å². The van der Waals surface area contributed by atoms with Crippen molar-refractivity contribution in [2.24, 2.45) is 5.92 Å². The van der Waals surface area contributed by atoms with Crippen LogP contribution >= 0.6 is 11.6 Å². The van der Waals surface area contributed by atoms with Crippen LogP contribution in [0.3, 0.4) is 0 Å². The standard InChI is InChI=1S/C11H11Cl/c1-8-6-9-4-2-3-5-10(9)7-11(8)12/h2-8,11H,1H3. The third kappa shape index (κ3) is 1.27. The fraction of sp³-hybridized carbons (Fsp3) is 0.273. The van der Waals surface area contributed by atoms with E-state index in [1.165, 1.54) is 10.4 Å². The van der Waals surface area contributed by atoms with E-state index >= 15 is 0 Å². The van der Waals surface area contributed by atoms with E-state index in [2.05, 4.69) is 37.3 Å². The van der Waals surface area contributed by atoms with E-state index in [0.29, 0.717) is 5.92 Å². The van der Waals surface area contributed by atoms with E-state index < -0.39 is 0 Å². The van der Waals surface area contributed by atoms with Gasteiger partial charge in [0.15, 0.2) is 0 Å². The summed E-state index contributed by atoms with van der Waals surface area (Å²) in [5.41, 5.74) is 0. The average molecular weight is 179 g/mol. The van der Waals surface area contributed by atoms with Gasteiger partial charge < -0.3 is 0 Å². The van der Waals surface area contributed by atoms with Crippen molar-refractivity contribution in [1.82, 2.24) is 0 Å². The number of benzene rings is 1. The van der Waals surface area contributed by atoms with Gasteiger partial charge in [0, 0.05) is 0 Å². The molecule has 0 fully saturated rings. The van der Waals surface area contributed by atoms with Crippen LogP contribution in [-0.4, -0.2) is 5.38 Å². The first-order chi connectivity index (χ1) is 5.77. The van der Waals surface area contributed by atoms with E-state index in [4.69, 9.17) is 11.6 Å². The summed E-state index contributed by atoms with van der Waals surface area (Å²) >= 11 is 6.11. The minimum Gasteiger partial charge on any atom is -0.118 e. The molecule has 12 heavy (non-hydrogen) atoms. The van der Waals surface area contributed by atoms with Gasteiger partial charge in [-0.3, -0.25) is 0 Å². The number of fused-ring (bicyclic) bond motifs is 1. The van der Waals surface area contributed by atoms with Crippen LogP contribution < -0.4 is 10.4 Å². The van der Waals surface area contributed by atoms with Gasteiger partial charge in [-0.05, 0) is 16.4 Å². The van der Waals surface area contributed by atoms with Gasteiger partial charge >= 0.3 is 0 Å². The molecule has 0 radical (unpaired) electrons. The second-order valence-corrected chi connectivity index (χ2v) is 3.77. The molecule has 0 saturated heterocycles. The highest BCUT2D eigenvalue weighted by atomic mass is 35.5. The van der Waals surface area contributed by atoms with Crippen LogP contribution in [0.15, 0.2) is 24.3 Å². The van der Waals surface area contributed by atoms with Crippen molar-refractivity contribution in [2.75, 3.05) is 0 Å². The van der Waals surface area contributed by atoms with E-state index in [0.717, 1.165) is 0 Å². The Morgan fingerprint density at radius 1 is 1.08 bits per heavy atom. The lowest BCUT2D eigenvalue weighted by Crippen LogP contribution is -2.31. The van der Waals surface area contributed by atoms with Crippen LogP contribution in [0.1, 0.15) is 6.92 Å². The predicted octanol–water partition coefficient (Wildman–Crippen LogP) is 1.50. The van der Waals surface area contributed by atoms with Crippen molar-refractivity contribution in [3.8, 4) is 0 Å². The minimum atomic E-state index is 0.153. The van der Waals surface area contributed by atoms with Crippen molar-refractivity contribution in [3.05, 3.63) is 34.7 Å². The molecule has 1 heteroatoms. The second kappa shape index (κ2) is 2.95. The Morgan fingerprint density at radius 2 is 1.67 bits per heavy atom. The molecule has 0 N–H and O–H groups in total. The Bertz CT molecular complexity index is 353. The molecule has 0 heterocycles. The third-order valence-electron chi connectivity index (χ3n) is 2.28. The summed E-state index contributed by atoms with van der Waals surface area (Å²) in [6, 6.07) is 8.34. The van der Waals surface area contributed by atoms with Gasteiger partial charge in [-0.15, -0.1) is 11.6 Å². The molecular formula is C11H11Cl. The summed E-state index contributed by atoms with van der Waals surface area (Å²) in [6.45, 7) is 2.14. The molecule has 0 amide bonds. The Kier molecular flexibility index (Phi) is 1.93. The summed E-state index contributed by atoms with van der Waals surface area (Å²) in [4.78, 5) is 0. The fourth-order valence-electron chi connectivity index (χ4n) is 1.51. The van der Waals surface area contributed by atoms with Crippen LogP contribution in [0.25, 0.3) is 12.2 Å². The first-order valence-corrected chi connectivity index (χ1v) is 4.64. The normalized spacial score (nSPS) is 26.8. The molecule has 62 valence electrons. The van der Waals surface area contributed by atoms with Crippen molar-refractivity contribution in [3.63, 3.8) is 0 Å². The second-order valence-electron chi connectivity index (χ2n) is 3.27. The molecule has 0 spiro atoms. The molecule has 0 aliphatic heterocycles. The highest BCUT2D eigenvalue weighted by Gasteiger charge is 2.11. The van der Waals surface area contributed by atoms with E-state index in [-0.39, 0.29) is 5.38 Å². The molecule has 1 aliphatic carbocycles. The fourth-order valence-corrected chi connectivity index (χ4v) is 1.72.